The van der Waals surface area contributed by atoms with Crippen LogP contribution in [0.25, 0.3) is 21.8 Å². The first-order chi connectivity index (χ1) is 9.91. The Labute approximate surface area is 127 Å². The van der Waals surface area contributed by atoms with E-state index in [-0.39, 0.29) is 5.56 Å². The summed E-state index contributed by atoms with van der Waals surface area (Å²) >= 11 is 3.37. The van der Waals surface area contributed by atoms with Crippen molar-refractivity contribution in [3.8, 4) is 0 Å². The molecule has 2 heterocycles. The number of benzene rings is 1. The second-order valence-corrected chi connectivity index (χ2v) is 5.80. The number of aromatic nitrogens is 3. The molecule has 108 valence electrons. The number of hydrogen-bond donors (Lipinski definition) is 1. The molecule has 0 fully saturated rings. The number of fused-ring (bicyclic) bond motifs is 3. The van der Waals surface area contributed by atoms with Crippen LogP contribution >= 0.6 is 15.9 Å². The molecule has 0 aliphatic rings. The van der Waals surface area contributed by atoms with Crippen LogP contribution in [0, 0.1) is 0 Å². The summed E-state index contributed by atoms with van der Waals surface area (Å²) < 4.78 is 3.71. The van der Waals surface area contributed by atoms with Crippen molar-refractivity contribution >= 4 is 43.7 Å². The maximum atomic E-state index is 12.6. The Morgan fingerprint density at radius 3 is 2.76 bits per heavy atom. The topological polar surface area (TPSA) is 77.1 Å². The predicted octanol–water partition coefficient (Wildman–Crippen LogP) is 2.30. The number of halogens is 1. The lowest BCUT2D eigenvalue weighted by atomic mass is 10.1. The molecule has 1 atom stereocenters. The van der Waals surface area contributed by atoms with Crippen molar-refractivity contribution in [3.63, 3.8) is 0 Å². The van der Waals surface area contributed by atoms with Gasteiger partial charge in [0.15, 0.2) is 0 Å². The van der Waals surface area contributed by atoms with Crippen LogP contribution in [0.15, 0.2) is 33.7 Å². The van der Waals surface area contributed by atoms with Crippen LogP contribution in [-0.4, -0.2) is 25.4 Å². The van der Waals surface area contributed by atoms with Crippen molar-refractivity contribution in [2.24, 2.45) is 7.05 Å². The van der Waals surface area contributed by atoms with Crippen molar-refractivity contribution in [3.05, 3.63) is 39.2 Å². The van der Waals surface area contributed by atoms with Crippen molar-refractivity contribution < 1.29 is 9.90 Å². The van der Waals surface area contributed by atoms with Crippen molar-refractivity contribution in [1.82, 2.24) is 14.3 Å². The number of pyridine rings is 1. The van der Waals surface area contributed by atoms with E-state index in [1.54, 1.807) is 17.8 Å². The van der Waals surface area contributed by atoms with Gasteiger partial charge in [0.05, 0.1) is 22.6 Å². The minimum atomic E-state index is -1.05. The second-order valence-electron chi connectivity index (χ2n) is 4.88. The van der Waals surface area contributed by atoms with Crippen LogP contribution in [-0.2, 0) is 11.8 Å². The van der Waals surface area contributed by atoms with Gasteiger partial charge in [-0.1, -0.05) is 15.9 Å². The Bertz CT molecular complexity index is 942. The van der Waals surface area contributed by atoms with Crippen molar-refractivity contribution in [1.29, 1.82) is 0 Å². The van der Waals surface area contributed by atoms with E-state index < -0.39 is 12.0 Å². The van der Waals surface area contributed by atoms with Gasteiger partial charge in [0, 0.05) is 16.9 Å². The van der Waals surface area contributed by atoms with E-state index >= 15 is 0 Å². The Balaban J connectivity index is 2.60. The largest absolute Gasteiger partial charge is 0.480 e. The van der Waals surface area contributed by atoms with E-state index in [0.717, 1.165) is 9.86 Å². The molecule has 2 aromatic heterocycles. The predicted molar refractivity (Wildman–Crippen MR) is 82.5 cm³/mol. The molecule has 3 rings (SSSR count). The van der Waals surface area contributed by atoms with Gasteiger partial charge < -0.3 is 5.11 Å². The molecule has 6 nitrogen and oxygen atoms in total. The molecule has 0 aliphatic carbocycles. The highest BCUT2D eigenvalue weighted by Crippen LogP contribution is 2.27. The number of hydrogen-bond acceptors (Lipinski definition) is 3. The number of nitrogens with zero attached hydrogens (tertiary/aromatic N) is 3. The number of carboxylic acid groups (broad SMARTS) is 1. The summed E-state index contributed by atoms with van der Waals surface area (Å²) in [6.07, 6.45) is 1.48. The van der Waals surface area contributed by atoms with Crippen LogP contribution in [0.5, 0.6) is 0 Å². The number of aliphatic carboxylic acids is 1. The highest BCUT2D eigenvalue weighted by Gasteiger charge is 2.21. The average Bonchev–Trinajstić information content (AvgIpc) is 2.81. The SMILES string of the molecule is CC(C(=O)O)n1c(=O)c2cnn(C)c2c2ccc(Br)cc21. The van der Waals surface area contributed by atoms with Crippen LogP contribution in [0.2, 0.25) is 0 Å². The number of rotatable bonds is 2. The van der Waals surface area contributed by atoms with E-state index in [9.17, 15) is 14.7 Å². The lowest BCUT2D eigenvalue weighted by Gasteiger charge is -2.15. The Morgan fingerprint density at radius 1 is 1.38 bits per heavy atom. The van der Waals surface area contributed by atoms with E-state index in [1.807, 2.05) is 12.1 Å². The zero-order chi connectivity index (χ0) is 15.3. The summed E-state index contributed by atoms with van der Waals surface area (Å²) in [7, 11) is 1.76. The first-order valence-electron chi connectivity index (χ1n) is 6.30. The fourth-order valence-corrected chi connectivity index (χ4v) is 2.90. The van der Waals surface area contributed by atoms with E-state index in [0.29, 0.717) is 16.4 Å². The quantitative estimate of drug-likeness (QED) is 0.769. The summed E-state index contributed by atoms with van der Waals surface area (Å²) in [6.45, 7) is 1.49. The monoisotopic (exact) mass is 349 g/mol. The summed E-state index contributed by atoms with van der Waals surface area (Å²) in [4.78, 5) is 24.0. The van der Waals surface area contributed by atoms with Gasteiger partial charge >= 0.3 is 5.97 Å². The molecule has 1 aromatic carbocycles. The van der Waals surface area contributed by atoms with Gasteiger partial charge in [-0.25, -0.2) is 4.79 Å². The lowest BCUT2D eigenvalue weighted by molar-refractivity contribution is -0.140. The van der Waals surface area contributed by atoms with Gasteiger partial charge in [0.1, 0.15) is 6.04 Å². The van der Waals surface area contributed by atoms with E-state index in [2.05, 4.69) is 21.0 Å². The van der Waals surface area contributed by atoms with E-state index in [4.69, 9.17) is 0 Å². The molecule has 1 N–H and O–H groups in total. The van der Waals surface area contributed by atoms with Gasteiger partial charge in [-0.3, -0.25) is 14.0 Å². The maximum absolute atomic E-state index is 12.6. The van der Waals surface area contributed by atoms with Crippen molar-refractivity contribution in [2.75, 3.05) is 0 Å². The fourth-order valence-electron chi connectivity index (χ4n) is 2.55. The van der Waals surface area contributed by atoms with Gasteiger partial charge in [0.2, 0.25) is 0 Å². The summed E-state index contributed by atoms with van der Waals surface area (Å²) in [5, 5.41) is 14.6. The number of aryl methyl sites for hydroxylation is 1. The maximum Gasteiger partial charge on any atom is 0.326 e. The molecule has 3 aromatic rings. The van der Waals surface area contributed by atoms with Crippen LogP contribution < -0.4 is 5.56 Å². The molecular weight excluding hydrogens is 338 g/mol. The summed E-state index contributed by atoms with van der Waals surface area (Å²) in [5.74, 6) is -1.05. The number of carbonyl (C=O) groups is 1. The minimum absolute atomic E-state index is 0.349. The third-order valence-electron chi connectivity index (χ3n) is 3.61. The zero-order valence-corrected chi connectivity index (χ0v) is 13.0. The third-order valence-corrected chi connectivity index (χ3v) is 4.10. The lowest BCUT2D eigenvalue weighted by Crippen LogP contribution is -2.28. The van der Waals surface area contributed by atoms with Crippen LogP contribution in [0.3, 0.4) is 0 Å². The zero-order valence-electron chi connectivity index (χ0n) is 11.4. The summed E-state index contributed by atoms with van der Waals surface area (Å²) in [5.41, 5.74) is 0.926. The normalized spacial score (nSPS) is 12.9. The summed E-state index contributed by atoms with van der Waals surface area (Å²) in [6, 6.07) is 4.50. The van der Waals surface area contributed by atoms with Crippen LogP contribution in [0.4, 0.5) is 0 Å². The molecule has 0 aliphatic heterocycles. The van der Waals surface area contributed by atoms with Gasteiger partial charge in [-0.2, -0.15) is 5.10 Å². The average molecular weight is 350 g/mol. The molecule has 0 spiro atoms. The molecule has 0 saturated heterocycles. The van der Waals surface area contributed by atoms with Gasteiger partial charge in [-0.15, -0.1) is 0 Å². The van der Waals surface area contributed by atoms with Crippen LogP contribution in [0.1, 0.15) is 13.0 Å². The van der Waals surface area contributed by atoms with Gasteiger partial charge in [-0.05, 0) is 25.1 Å². The highest BCUT2D eigenvalue weighted by atomic mass is 79.9. The Morgan fingerprint density at radius 2 is 2.10 bits per heavy atom. The van der Waals surface area contributed by atoms with Gasteiger partial charge in [0.25, 0.3) is 5.56 Å². The molecule has 0 bridgehead atoms. The fraction of sp³-hybridized carbons (Fsp3) is 0.214. The third kappa shape index (κ3) is 1.96. The standard InChI is InChI=1S/C14H12BrN3O3/c1-7(14(20)21)18-11-5-8(15)3-4-9(11)12-10(13(18)19)6-16-17(12)2/h3-7H,1-2H3,(H,20,21). The second kappa shape index (κ2) is 4.70. The van der Waals surface area contributed by atoms with Crippen molar-refractivity contribution in [2.45, 2.75) is 13.0 Å². The Hall–Kier alpha value is -2.15. The molecule has 1 unspecified atom stereocenters. The first-order valence-corrected chi connectivity index (χ1v) is 7.09. The molecule has 0 saturated carbocycles. The smallest absolute Gasteiger partial charge is 0.326 e. The molecular formula is C14H12BrN3O3. The highest BCUT2D eigenvalue weighted by molar-refractivity contribution is 9.10. The minimum Gasteiger partial charge on any atom is -0.480 e. The Kier molecular flexibility index (Phi) is 3.09. The molecule has 21 heavy (non-hydrogen) atoms. The molecule has 0 radical (unpaired) electrons. The molecule has 7 heteroatoms. The first kappa shape index (κ1) is 13.8. The number of carboxylic acids is 1. The van der Waals surface area contributed by atoms with E-state index in [1.165, 1.54) is 17.7 Å². The molecule has 0 amide bonds.